The fraction of sp³-hybridized carbons (Fsp3) is 0.357. The van der Waals surface area contributed by atoms with Gasteiger partial charge in [0.15, 0.2) is 0 Å². The van der Waals surface area contributed by atoms with Crippen LogP contribution in [0.4, 0.5) is 0 Å². The summed E-state index contributed by atoms with van der Waals surface area (Å²) in [5.74, 6) is 0. The molecule has 0 amide bonds. The molecule has 9 N–H and O–H groups in total. The first-order chi connectivity index (χ1) is 18.7. The van der Waals surface area contributed by atoms with Crippen molar-refractivity contribution in [2.24, 2.45) is 10.8 Å². The molecule has 0 saturated heterocycles. The van der Waals surface area contributed by atoms with E-state index < -0.39 is 57.6 Å². The number of hydrogen-bond acceptors (Lipinski definition) is 10. The Morgan fingerprint density at radius 3 is 1.36 bits per heavy atom. The van der Waals surface area contributed by atoms with Crippen LogP contribution >= 0.6 is 8.60 Å². The smallest absolute Gasteiger partial charge is 0.324 e. The van der Waals surface area contributed by atoms with Crippen molar-refractivity contribution in [3.63, 3.8) is 0 Å². The maximum Gasteiger partial charge on any atom is 0.324 e. The van der Waals surface area contributed by atoms with E-state index in [9.17, 15) is 30.6 Å². The zero-order valence-corrected chi connectivity index (χ0v) is 22.3. The molecule has 10 nitrogen and oxygen atoms in total. The highest BCUT2D eigenvalue weighted by atomic mass is 31.2. The minimum absolute atomic E-state index is 0.264. The van der Waals surface area contributed by atoms with E-state index in [1.165, 1.54) is 0 Å². The Morgan fingerprint density at radius 2 is 1.00 bits per heavy atom. The molecule has 2 atom stereocenters. The Bertz CT molecular complexity index is 1020. The van der Waals surface area contributed by atoms with Crippen LogP contribution in [0.1, 0.15) is 22.8 Å². The molecule has 0 bridgehead atoms. The van der Waals surface area contributed by atoms with E-state index in [-0.39, 0.29) is 13.2 Å². The van der Waals surface area contributed by atoms with Gasteiger partial charge in [0.2, 0.25) is 0 Å². The molecule has 214 valence electrons. The van der Waals surface area contributed by atoms with Gasteiger partial charge in [-0.3, -0.25) is 0 Å². The van der Waals surface area contributed by atoms with Crippen LogP contribution in [0.25, 0.3) is 0 Å². The van der Waals surface area contributed by atoms with E-state index >= 15 is 0 Å². The van der Waals surface area contributed by atoms with Crippen molar-refractivity contribution in [3.8, 4) is 0 Å². The van der Waals surface area contributed by atoms with Crippen LogP contribution in [0, 0.1) is 10.8 Å². The van der Waals surface area contributed by atoms with E-state index in [1.807, 2.05) is 0 Å². The second kappa shape index (κ2) is 15.5. The summed E-state index contributed by atoms with van der Waals surface area (Å²) in [6.07, 6.45) is -1.38. The highest BCUT2D eigenvalue weighted by Gasteiger charge is 2.57. The van der Waals surface area contributed by atoms with Gasteiger partial charge in [0, 0.05) is 0 Å². The molecule has 0 heterocycles. The van der Waals surface area contributed by atoms with Gasteiger partial charge < -0.3 is 50.1 Å². The van der Waals surface area contributed by atoms with E-state index in [0.29, 0.717) is 16.7 Å². The van der Waals surface area contributed by atoms with Crippen molar-refractivity contribution in [1.29, 1.82) is 0 Å². The quantitative estimate of drug-likeness (QED) is 0.134. The molecule has 3 aromatic carbocycles. The third-order valence-electron chi connectivity index (χ3n) is 6.80. The summed E-state index contributed by atoms with van der Waals surface area (Å²) in [7, 11) is -2.62. The van der Waals surface area contributed by atoms with Crippen molar-refractivity contribution in [2.75, 3.05) is 39.6 Å². The zero-order chi connectivity index (χ0) is 28.9. The second-order valence-electron chi connectivity index (χ2n) is 9.31. The number of rotatable bonds is 13. The molecule has 0 aliphatic rings. The summed E-state index contributed by atoms with van der Waals surface area (Å²) in [5.41, 5.74) is -3.61. The van der Waals surface area contributed by atoms with Gasteiger partial charge in [-0.25, -0.2) is 0 Å². The first-order valence-corrected chi connectivity index (χ1v) is 13.3. The lowest BCUT2D eigenvalue weighted by Crippen LogP contribution is -2.56. The molecule has 2 unspecified atom stereocenters. The Labute approximate surface area is 228 Å². The topological polar surface area (TPSA) is 191 Å². The van der Waals surface area contributed by atoms with Crippen molar-refractivity contribution < 1.29 is 50.1 Å². The normalized spacial score (nSPS) is 14.3. The number of ether oxygens (including phenoxy) is 1. The molecule has 0 fully saturated rings. The van der Waals surface area contributed by atoms with Crippen molar-refractivity contribution in [3.05, 3.63) is 108 Å². The molecular formula is C28H37O10P. The lowest BCUT2D eigenvalue weighted by Gasteiger charge is -2.50. The summed E-state index contributed by atoms with van der Waals surface area (Å²) in [6, 6.07) is 26.2. The minimum atomic E-state index is -2.62. The molecule has 11 heteroatoms. The van der Waals surface area contributed by atoms with Crippen molar-refractivity contribution in [1.82, 2.24) is 0 Å². The van der Waals surface area contributed by atoms with Gasteiger partial charge in [0.05, 0.1) is 56.6 Å². The number of aliphatic hydroxyl groups excluding tert-OH is 5. The van der Waals surface area contributed by atoms with Gasteiger partial charge in [0.25, 0.3) is 0 Å². The molecule has 0 saturated carbocycles. The largest absolute Gasteiger partial charge is 0.396 e. The molecule has 0 aliphatic carbocycles. The summed E-state index contributed by atoms with van der Waals surface area (Å²) in [4.78, 5) is 21.7. The lowest BCUT2D eigenvalue weighted by atomic mass is 9.61. The van der Waals surface area contributed by atoms with E-state index in [4.69, 9.17) is 19.4 Å². The molecule has 3 aromatic rings. The monoisotopic (exact) mass is 564 g/mol. The highest BCUT2D eigenvalue weighted by Crippen LogP contribution is 2.52. The average molecular weight is 565 g/mol. The molecular weight excluding hydrogens is 527 g/mol. The third kappa shape index (κ3) is 7.67. The van der Waals surface area contributed by atoms with Crippen LogP contribution in [-0.4, -0.2) is 85.0 Å². The van der Waals surface area contributed by atoms with Crippen molar-refractivity contribution in [2.45, 2.75) is 11.7 Å². The summed E-state index contributed by atoms with van der Waals surface area (Å²) in [5, 5.41) is 64.4. The lowest BCUT2D eigenvalue weighted by molar-refractivity contribution is -0.191. The second-order valence-corrected chi connectivity index (χ2v) is 9.84. The van der Waals surface area contributed by atoms with Gasteiger partial charge in [-0.15, -0.1) is 0 Å². The Balaban J connectivity index is 0.00000124. The Kier molecular flexibility index (Phi) is 13.1. The fourth-order valence-corrected chi connectivity index (χ4v) is 4.42. The summed E-state index contributed by atoms with van der Waals surface area (Å²) >= 11 is 0. The fourth-order valence-electron chi connectivity index (χ4n) is 4.42. The predicted octanol–water partition coefficient (Wildman–Crippen LogP) is 0.805. The SMILES string of the molecule is OCC(CO)(CO)COCC(CO)(C(O)c1ccccc1)C(O)(c1ccccc1)c1ccccc1.OP(O)O. The van der Waals surface area contributed by atoms with Gasteiger partial charge >= 0.3 is 8.60 Å². The van der Waals surface area contributed by atoms with Crippen LogP contribution in [0.3, 0.4) is 0 Å². The zero-order valence-electron chi connectivity index (χ0n) is 21.4. The molecule has 0 aromatic heterocycles. The highest BCUT2D eigenvalue weighted by molar-refractivity contribution is 7.38. The van der Waals surface area contributed by atoms with Gasteiger partial charge in [-0.1, -0.05) is 91.0 Å². The maximum atomic E-state index is 12.5. The van der Waals surface area contributed by atoms with Crippen LogP contribution < -0.4 is 0 Å². The van der Waals surface area contributed by atoms with Crippen LogP contribution in [0.2, 0.25) is 0 Å². The van der Waals surface area contributed by atoms with E-state index in [2.05, 4.69) is 0 Å². The number of benzene rings is 3. The molecule has 0 aliphatic heterocycles. The van der Waals surface area contributed by atoms with Crippen molar-refractivity contribution >= 4 is 8.60 Å². The molecule has 0 spiro atoms. The Hall–Kier alpha value is -2.31. The predicted molar refractivity (Wildman–Crippen MR) is 145 cm³/mol. The number of hydrogen-bond donors (Lipinski definition) is 9. The minimum Gasteiger partial charge on any atom is -0.396 e. The van der Waals surface area contributed by atoms with Gasteiger partial charge in [-0.05, 0) is 16.7 Å². The van der Waals surface area contributed by atoms with E-state index in [0.717, 1.165) is 0 Å². The molecule has 0 radical (unpaired) electrons. The van der Waals surface area contributed by atoms with Crippen LogP contribution in [0.5, 0.6) is 0 Å². The van der Waals surface area contributed by atoms with Crippen LogP contribution in [0.15, 0.2) is 91.0 Å². The first-order valence-electron chi connectivity index (χ1n) is 12.1. The van der Waals surface area contributed by atoms with Crippen LogP contribution in [-0.2, 0) is 10.3 Å². The molecule has 39 heavy (non-hydrogen) atoms. The molecule has 3 rings (SSSR count). The third-order valence-corrected chi connectivity index (χ3v) is 6.80. The maximum absolute atomic E-state index is 12.5. The van der Waals surface area contributed by atoms with Gasteiger partial charge in [0.1, 0.15) is 5.60 Å². The standard InChI is InChI=1S/C28H34O7.H3O3P/c29-16-26(17-30,18-31)20-35-21-27(19-32,25(33)22-10-4-1-5-11-22)28(34,23-12-6-2-7-13-23)24-14-8-3-9-15-24;1-4(2)3/h1-15,25,29-34H,16-21H2;1-3H. The Morgan fingerprint density at radius 1 is 0.615 bits per heavy atom. The first kappa shape index (κ1) is 32.9. The number of aliphatic hydroxyl groups is 6. The van der Waals surface area contributed by atoms with E-state index in [1.54, 1.807) is 91.0 Å². The summed E-state index contributed by atoms with van der Waals surface area (Å²) < 4.78 is 5.90. The average Bonchev–Trinajstić information content (AvgIpc) is 2.98. The summed E-state index contributed by atoms with van der Waals surface area (Å²) in [6.45, 7) is -2.90. The van der Waals surface area contributed by atoms with Gasteiger partial charge in [-0.2, -0.15) is 0 Å².